The number of halogens is 1. The summed E-state index contributed by atoms with van der Waals surface area (Å²) in [5, 5.41) is 0.0606. The Kier molecular flexibility index (Phi) is 4.88. The van der Waals surface area contributed by atoms with Gasteiger partial charge >= 0.3 is 0 Å². The van der Waals surface area contributed by atoms with Crippen LogP contribution in [0.1, 0.15) is 40.5 Å². The van der Waals surface area contributed by atoms with Crippen LogP contribution in [0, 0.1) is 5.41 Å². The molecule has 2 nitrogen and oxygen atoms in total. The predicted molar refractivity (Wildman–Crippen MR) is 65.3 cm³/mol. The molecule has 0 bridgehead atoms. The lowest BCUT2D eigenvalue weighted by Crippen LogP contribution is -2.42. The van der Waals surface area contributed by atoms with Crippen molar-refractivity contribution in [3.05, 3.63) is 0 Å². The number of rotatable bonds is 4. The molecular formula is C12H24ClNO. The van der Waals surface area contributed by atoms with Crippen LogP contribution < -0.4 is 0 Å². The zero-order valence-electron chi connectivity index (χ0n) is 10.4. The zero-order valence-corrected chi connectivity index (χ0v) is 11.2. The molecule has 0 spiro atoms. The molecule has 0 aromatic rings. The summed E-state index contributed by atoms with van der Waals surface area (Å²) < 4.78 is 5.95. The second-order valence-electron chi connectivity index (χ2n) is 5.68. The van der Waals surface area contributed by atoms with Crippen molar-refractivity contribution in [3.8, 4) is 0 Å². The molecular weight excluding hydrogens is 210 g/mol. The lowest BCUT2D eigenvalue weighted by atomic mass is 9.99. The van der Waals surface area contributed by atoms with Crippen LogP contribution in [0.4, 0.5) is 0 Å². The highest BCUT2D eigenvalue weighted by Gasteiger charge is 2.27. The van der Waals surface area contributed by atoms with Gasteiger partial charge < -0.3 is 4.74 Å². The average molecular weight is 234 g/mol. The highest BCUT2D eigenvalue weighted by molar-refractivity contribution is 6.20. The van der Waals surface area contributed by atoms with Crippen LogP contribution >= 0.6 is 11.6 Å². The van der Waals surface area contributed by atoms with Crippen LogP contribution in [0.15, 0.2) is 0 Å². The summed E-state index contributed by atoms with van der Waals surface area (Å²) in [6.07, 6.45) is 2.64. The number of likely N-dealkylation sites (tertiary alicyclic amines) is 1. The Labute approximate surface area is 98.9 Å². The van der Waals surface area contributed by atoms with Crippen LogP contribution in [0.2, 0.25) is 0 Å². The van der Waals surface area contributed by atoms with Gasteiger partial charge in [-0.05, 0) is 25.2 Å². The van der Waals surface area contributed by atoms with Crippen LogP contribution in [0.25, 0.3) is 0 Å². The molecule has 0 aromatic heterocycles. The second-order valence-corrected chi connectivity index (χ2v) is 6.37. The van der Waals surface area contributed by atoms with E-state index in [1.807, 2.05) is 6.92 Å². The van der Waals surface area contributed by atoms with E-state index in [9.17, 15) is 0 Å². The first kappa shape index (κ1) is 13.3. The fourth-order valence-corrected chi connectivity index (χ4v) is 2.09. The minimum Gasteiger partial charge on any atom is -0.361 e. The van der Waals surface area contributed by atoms with E-state index in [1.165, 1.54) is 12.8 Å². The molecule has 1 heterocycles. The number of hydrogen-bond donors (Lipinski definition) is 0. The predicted octanol–water partition coefficient (Wildman–Crippen LogP) is 3.10. The van der Waals surface area contributed by atoms with Gasteiger partial charge in [-0.3, -0.25) is 4.90 Å². The summed E-state index contributed by atoms with van der Waals surface area (Å²) in [6, 6.07) is 0. The highest BCUT2D eigenvalue weighted by atomic mass is 35.5. The Morgan fingerprint density at radius 1 is 1.27 bits per heavy atom. The first-order valence-electron chi connectivity index (χ1n) is 5.90. The summed E-state index contributed by atoms with van der Waals surface area (Å²) in [7, 11) is 0. The smallest absolute Gasteiger partial charge is 0.126 e. The van der Waals surface area contributed by atoms with Crippen LogP contribution in [0.3, 0.4) is 0 Å². The van der Waals surface area contributed by atoms with Crippen molar-refractivity contribution in [1.29, 1.82) is 0 Å². The van der Waals surface area contributed by atoms with Crippen molar-refractivity contribution in [2.24, 2.45) is 5.41 Å². The quantitative estimate of drug-likeness (QED) is 0.692. The third kappa shape index (κ3) is 4.71. The summed E-state index contributed by atoms with van der Waals surface area (Å²) in [5.74, 6) is 0. The number of alkyl halides is 1. The van der Waals surface area contributed by atoms with E-state index in [2.05, 4.69) is 25.7 Å². The molecule has 2 unspecified atom stereocenters. The van der Waals surface area contributed by atoms with Crippen LogP contribution in [0.5, 0.6) is 0 Å². The highest BCUT2D eigenvalue weighted by Crippen LogP contribution is 2.21. The van der Waals surface area contributed by atoms with Gasteiger partial charge in [-0.15, -0.1) is 11.6 Å². The van der Waals surface area contributed by atoms with E-state index in [1.54, 1.807) is 0 Å². The molecule has 0 amide bonds. The van der Waals surface area contributed by atoms with Gasteiger partial charge in [0.1, 0.15) is 6.23 Å². The maximum Gasteiger partial charge on any atom is 0.126 e. The minimum atomic E-state index is 0.0606. The fourth-order valence-electron chi connectivity index (χ4n) is 1.86. The Bertz CT molecular complexity index is 183. The van der Waals surface area contributed by atoms with Gasteiger partial charge in [-0.2, -0.15) is 0 Å². The van der Waals surface area contributed by atoms with Crippen LogP contribution in [-0.2, 0) is 4.74 Å². The molecule has 0 aromatic carbocycles. The van der Waals surface area contributed by atoms with Gasteiger partial charge in [0.05, 0.1) is 12.0 Å². The van der Waals surface area contributed by atoms with Crippen molar-refractivity contribution in [2.75, 3.05) is 19.7 Å². The van der Waals surface area contributed by atoms with E-state index in [0.29, 0.717) is 0 Å². The first-order chi connectivity index (χ1) is 6.90. The van der Waals surface area contributed by atoms with Gasteiger partial charge in [0.2, 0.25) is 0 Å². The van der Waals surface area contributed by atoms with Gasteiger partial charge in [0.25, 0.3) is 0 Å². The zero-order chi connectivity index (χ0) is 11.5. The molecule has 0 N–H and O–H groups in total. The molecule has 3 heteroatoms. The molecule has 2 atom stereocenters. The average Bonchev–Trinajstić information content (AvgIpc) is 2.54. The second kappa shape index (κ2) is 5.51. The van der Waals surface area contributed by atoms with Crippen molar-refractivity contribution < 1.29 is 4.74 Å². The van der Waals surface area contributed by atoms with Crippen molar-refractivity contribution >= 4 is 11.6 Å². The molecule has 1 aliphatic rings. The molecule has 0 radical (unpaired) electrons. The van der Waals surface area contributed by atoms with Crippen molar-refractivity contribution in [2.45, 2.75) is 52.1 Å². The topological polar surface area (TPSA) is 12.5 Å². The largest absolute Gasteiger partial charge is 0.361 e. The Morgan fingerprint density at radius 3 is 2.20 bits per heavy atom. The molecule has 15 heavy (non-hydrogen) atoms. The molecule has 90 valence electrons. The summed E-state index contributed by atoms with van der Waals surface area (Å²) in [4.78, 5) is 2.36. The van der Waals surface area contributed by atoms with Crippen molar-refractivity contribution in [1.82, 2.24) is 4.90 Å². The molecule has 1 aliphatic heterocycles. The molecule has 1 rings (SSSR count). The lowest BCUT2D eigenvalue weighted by molar-refractivity contribution is -0.0729. The SMILES string of the molecule is CC(Cl)C(OCC(C)(C)C)N1CCCC1. The van der Waals surface area contributed by atoms with Gasteiger partial charge in [-0.1, -0.05) is 20.8 Å². The number of ether oxygens (including phenoxy) is 1. The third-order valence-electron chi connectivity index (χ3n) is 2.58. The maximum absolute atomic E-state index is 6.19. The molecule has 1 saturated heterocycles. The molecule has 0 saturated carbocycles. The first-order valence-corrected chi connectivity index (χ1v) is 6.33. The van der Waals surface area contributed by atoms with Gasteiger partial charge in [-0.25, -0.2) is 0 Å². The monoisotopic (exact) mass is 233 g/mol. The minimum absolute atomic E-state index is 0.0606. The molecule has 0 aliphatic carbocycles. The normalized spacial score (nSPS) is 23.0. The summed E-state index contributed by atoms with van der Waals surface area (Å²) >= 11 is 6.19. The van der Waals surface area contributed by atoms with Crippen LogP contribution in [-0.4, -0.2) is 36.2 Å². The fraction of sp³-hybridized carbons (Fsp3) is 1.00. The number of nitrogens with zero attached hydrogens (tertiary/aromatic N) is 1. The van der Waals surface area contributed by atoms with E-state index in [-0.39, 0.29) is 17.0 Å². The van der Waals surface area contributed by atoms with E-state index in [0.717, 1.165) is 19.7 Å². The molecule has 1 fully saturated rings. The Hall–Kier alpha value is 0.210. The van der Waals surface area contributed by atoms with E-state index in [4.69, 9.17) is 16.3 Å². The van der Waals surface area contributed by atoms with Crippen molar-refractivity contribution in [3.63, 3.8) is 0 Å². The van der Waals surface area contributed by atoms with E-state index >= 15 is 0 Å². The standard InChI is InChI=1S/C12H24ClNO/c1-10(13)11(14-7-5-6-8-14)15-9-12(2,3)4/h10-11H,5-9H2,1-4H3. The Balaban J connectivity index is 2.43. The summed E-state index contributed by atoms with van der Waals surface area (Å²) in [5.41, 5.74) is 0.212. The summed E-state index contributed by atoms with van der Waals surface area (Å²) in [6.45, 7) is 11.6. The van der Waals surface area contributed by atoms with Gasteiger partial charge in [0.15, 0.2) is 0 Å². The van der Waals surface area contributed by atoms with E-state index < -0.39 is 0 Å². The lowest BCUT2D eigenvalue weighted by Gasteiger charge is -2.32. The van der Waals surface area contributed by atoms with Gasteiger partial charge in [0, 0.05) is 13.1 Å². The Morgan fingerprint density at radius 2 is 1.80 bits per heavy atom. The maximum atomic E-state index is 6.19. The third-order valence-corrected chi connectivity index (χ3v) is 2.80. The number of hydrogen-bond acceptors (Lipinski definition) is 2.